The van der Waals surface area contributed by atoms with Crippen LogP contribution in [0.1, 0.15) is 22.4 Å². The number of benzene rings is 2. The minimum Gasteiger partial charge on any atom is -0.495 e. The molecule has 1 aliphatic rings. The maximum atomic E-state index is 6.63. The van der Waals surface area contributed by atoms with Crippen LogP contribution in [0.25, 0.3) is 0 Å². The van der Waals surface area contributed by atoms with Gasteiger partial charge in [-0.05, 0) is 23.8 Å². The molecule has 2 nitrogen and oxygen atoms in total. The molecule has 3 rings (SSSR count). The summed E-state index contributed by atoms with van der Waals surface area (Å²) in [4.78, 5) is 0. The zero-order chi connectivity index (χ0) is 14.1. The van der Waals surface area contributed by atoms with Crippen molar-refractivity contribution < 1.29 is 9.47 Å². The number of para-hydroxylation sites is 1. The maximum absolute atomic E-state index is 6.63. The first-order valence-electron chi connectivity index (χ1n) is 6.40. The number of rotatable bonds is 3. The van der Waals surface area contributed by atoms with Gasteiger partial charge in [-0.15, -0.1) is 11.6 Å². The summed E-state index contributed by atoms with van der Waals surface area (Å²) >= 11 is 12.8. The van der Waals surface area contributed by atoms with Crippen molar-refractivity contribution in [1.29, 1.82) is 0 Å². The zero-order valence-corrected chi connectivity index (χ0v) is 12.5. The Bertz CT molecular complexity index is 628. The van der Waals surface area contributed by atoms with Gasteiger partial charge in [0.1, 0.15) is 11.5 Å². The summed E-state index contributed by atoms with van der Waals surface area (Å²) in [6, 6.07) is 13.7. The Morgan fingerprint density at radius 1 is 1.25 bits per heavy atom. The molecule has 0 radical (unpaired) electrons. The molecule has 0 aromatic heterocycles. The number of methoxy groups -OCH3 is 1. The van der Waals surface area contributed by atoms with Crippen LogP contribution in [-0.4, -0.2) is 13.7 Å². The summed E-state index contributed by atoms with van der Waals surface area (Å²) in [5.74, 6) is 1.71. The van der Waals surface area contributed by atoms with Crippen LogP contribution in [0.5, 0.6) is 11.5 Å². The Hall–Kier alpha value is -1.38. The lowest BCUT2D eigenvalue weighted by molar-refractivity contribution is 0.328. The highest BCUT2D eigenvalue weighted by Crippen LogP contribution is 2.45. The topological polar surface area (TPSA) is 18.5 Å². The summed E-state index contributed by atoms with van der Waals surface area (Å²) < 4.78 is 10.8. The van der Waals surface area contributed by atoms with Gasteiger partial charge in [-0.1, -0.05) is 35.9 Å². The minimum absolute atomic E-state index is 0.136. The Balaban J connectivity index is 1.90. The molecule has 0 bridgehead atoms. The summed E-state index contributed by atoms with van der Waals surface area (Å²) in [7, 11) is 1.60. The molecule has 1 heterocycles. The molecule has 2 atom stereocenters. The van der Waals surface area contributed by atoms with Crippen molar-refractivity contribution in [1.82, 2.24) is 0 Å². The third kappa shape index (κ3) is 2.34. The second-order valence-corrected chi connectivity index (χ2v) is 5.63. The van der Waals surface area contributed by atoms with Gasteiger partial charge in [0, 0.05) is 11.5 Å². The van der Waals surface area contributed by atoms with E-state index in [2.05, 4.69) is 6.07 Å². The molecule has 1 aliphatic heterocycles. The number of hydrogen-bond donors (Lipinski definition) is 0. The molecule has 0 fully saturated rings. The number of alkyl halides is 1. The van der Waals surface area contributed by atoms with Crippen LogP contribution in [-0.2, 0) is 0 Å². The van der Waals surface area contributed by atoms with Crippen LogP contribution >= 0.6 is 23.2 Å². The normalized spacial score (nSPS) is 18.2. The Morgan fingerprint density at radius 3 is 2.80 bits per heavy atom. The van der Waals surface area contributed by atoms with Gasteiger partial charge in [-0.3, -0.25) is 0 Å². The van der Waals surface area contributed by atoms with Gasteiger partial charge in [-0.25, -0.2) is 0 Å². The third-order valence-corrected chi connectivity index (χ3v) is 4.44. The summed E-state index contributed by atoms with van der Waals surface area (Å²) in [5, 5.41) is 0.393. The molecule has 0 saturated heterocycles. The highest BCUT2D eigenvalue weighted by atomic mass is 35.5. The first kappa shape index (κ1) is 13.6. The van der Waals surface area contributed by atoms with Crippen LogP contribution in [0.3, 0.4) is 0 Å². The van der Waals surface area contributed by atoms with E-state index in [0.717, 1.165) is 16.9 Å². The molecule has 0 spiro atoms. The lowest BCUT2D eigenvalue weighted by Gasteiger charge is -2.17. The first-order valence-corrected chi connectivity index (χ1v) is 7.21. The average molecular weight is 309 g/mol. The standard InChI is InChI=1S/C16H14Cl2O2/c1-19-15-7-6-10(8-13(15)17)16(18)12-9-20-14-5-3-2-4-11(12)14/h2-8,12,16H,9H2,1H3. The van der Waals surface area contributed by atoms with Crippen molar-refractivity contribution in [3.8, 4) is 11.5 Å². The Morgan fingerprint density at radius 2 is 2.05 bits per heavy atom. The van der Waals surface area contributed by atoms with E-state index in [0.29, 0.717) is 17.4 Å². The maximum Gasteiger partial charge on any atom is 0.137 e. The van der Waals surface area contributed by atoms with Gasteiger partial charge in [-0.2, -0.15) is 0 Å². The monoisotopic (exact) mass is 308 g/mol. The second-order valence-electron chi connectivity index (χ2n) is 4.75. The van der Waals surface area contributed by atoms with Crippen LogP contribution in [0, 0.1) is 0 Å². The second kappa shape index (κ2) is 5.55. The van der Waals surface area contributed by atoms with Gasteiger partial charge < -0.3 is 9.47 Å². The van der Waals surface area contributed by atoms with Crippen molar-refractivity contribution >= 4 is 23.2 Å². The predicted octanol–water partition coefficient (Wildman–Crippen LogP) is 4.80. The van der Waals surface area contributed by atoms with Gasteiger partial charge >= 0.3 is 0 Å². The number of halogens is 2. The van der Waals surface area contributed by atoms with E-state index in [4.69, 9.17) is 32.7 Å². The molecule has 20 heavy (non-hydrogen) atoms. The van der Waals surface area contributed by atoms with Crippen molar-refractivity contribution in [2.45, 2.75) is 11.3 Å². The van der Waals surface area contributed by atoms with Gasteiger partial charge in [0.15, 0.2) is 0 Å². The Kier molecular flexibility index (Phi) is 3.77. The van der Waals surface area contributed by atoms with Crippen molar-refractivity contribution in [2.24, 2.45) is 0 Å². The van der Waals surface area contributed by atoms with E-state index in [9.17, 15) is 0 Å². The van der Waals surface area contributed by atoms with E-state index in [1.807, 2.05) is 36.4 Å². The van der Waals surface area contributed by atoms with Gasteiger partial charge in [0.2, 0.25) is 0 Å². The molecule has 2 aromatic rings. The molecule has 4 heteroatoms. The fourth-order valence-corrected chi connectivity index (χ4v) is 3.13. The molecule has 0 N–H and O–H groups in total. The molecule has 2 unspecified atom stereocenters. The predicted molar refractivity (Wildman–Crippen MR) is 81.3 cm³/mol. The van der Waals surface area contributed by atoms with Crippen LogP contribution in [0.2, 0.25) is 5.02 Å². The quantitative estimate of drug-likeness (QED) is 0.758. The molecular formula is C16H14Cl2O2. The lowest BCUT2D eigenvalue weighted by Crippen LogP contribution is -2.08. The number of ether oxygens (including phenoxy) is 2. The molecular weight excluding hydrogens is 295 g/mol. The van der Waals surface area contributed by atoms with E-state index in [1.165, 1.54) is 0 Å². The van der Waals surface area contributed by atoms with Crippen LogP contribution in [0.15, 0.2) is 42.5 Å². The van der Waals surface area contributed by atoms with E-state index < -0.39 is 0 Å². The lowest BCUT2D eigenvalue weighted by atomic mass is 9.93. The molecule has 0 amide bonds. The summed E-state index contributed by atoms with van der Waals surface area (Å²) in [6.45, 7) is 0.594. The minimum atomic E-state index is -0.179. The van der Waals surface area contributed by atoms with Gasteiger partial charge in [0.05, 0.1) is 24.1 Å². The van der Waals surface area contributed by atoms with E-state index in [-0.39, 0.29) is 11.3 Å². The molecule has 0 saturated carbocycles. The fraction of sp³-hybridized carbons (Fsp3) is 0.250. The van der Waals surface area contributed by atoms with Gasteiger partial charge in [0.25, 0.3) is 0 Å². The molecule has 104 valence electrons. The third-order valence-electron chi connectivity index (χ3n) is 3.58. The van der Waals surface area contributed by atoms with Crippen LogP contribution < -0.4 is 9.47 Å². The van der Waals surface area contributed by atoms with Crippen molar-refractivity contribution in [2.75, 3.05) is 13.7 Å². The van der Waals surface area contributed by atoms with Crippen LogP contribution in [0.4, 0.5) is 0 Å². The number of fused-ring (bicyclic) bond motifs is 1. The highest BCUT2D eigenvalue weighted by molar-refractivity contribution is 6.32. The SMILES string of the molecule is COc1ccc(C(Cl)C2COc3ccccc32)cc1Cl. The first-order chi connectivity index (χ1) is 9.70. The molecule has 2 aromatic carbocycles. The molecule has 0 aliphatic carbocycles. The van der Waals surface area contributed by atoms with E-state index >= 15 is 0 Å². The highest BCUT2D eigenvalue weighted by Gasteiger charge is 2.31. The summed E-state index contributed by atoms with van der Waals surface area (Å²) in [5.41, 5.74) is 2.13. The van der Waals surface area contributed by atoms with Crippen molar-refractivity contribution in [3.05, 3.63) is 58.6 Å². The fourth-order valence-electron chi connectivity index (χ4n) is 2.52. The largest absolute Gasteiger partial charge is 0.495 e. The smallest absolute Gasteiger partial charge is 0.137 e. The summed E-state index contributed by atoms with van der Waals surface area (Å²) in [6.07, 6.45) is 0. The van der Waals surface area contributed by atoms with E-state index in [1.54, 1.807) is 7.11 Å². The average Bonchev–Trinajstić information content (AvgIpc) is 2.90. The van der Waals surface area contributed by atoms with Crippen molar-refractivity contribution in [3.63, 3.8) is 0 Å². The number of hydrogen-bond acceptors (Lipinski definition) is 2. The Labute approximate surface area is 128 Å². The zero-order valence-electron chi connectivity index (χ0n) is 11.0.